The van der Waals surface area contributed by atoms with Gasteiger partial charge in [0.25, 0.3) is 0 Å². The van der Waals surface area contributed by atoms with Gasteiger partial charge in [-0.05, 0) is 6.92 Å². The Morgan fingerprint density at radius 2 is 1.69 bits per heavy atom. The van der Waals surface area contributed by atoms with E-state index in [-0.39, 0.29) is 0 Å². The van der Waals surface area contributed by atoms with E-state index >= 15 is 0 Å². The third-order valence-electron chi connectivity index (χ3n) is 1.70. The fraction of sp³-hybridized carbons (Fsp3) is 0.833. The van der Waals surface area contributed by atoms with Gasteiger partial charge in [0, 0.05) is 0 Å². The molecule has 0 aliphatic rings. The van der Waals surface area contributed by atoms with Crippen LogP contribution in [0.25, 0.3) is 0 Å². The number of aliphatic hydroxyl groups is 1. The lowest BCUT2D eigenvalue weighted by Crippen LogP contribution is -2.62. The highest BCUT2D eigenvalue weighted by atomic mass is 19.4. The van der Waals surface area contributed by atoms with Gasteiger partial charge in [0.05, 0.1) is 11.3 Å². The van der Waals surface area contributed by atoms with Gasteiger partial charge in [-0.2, -0.15) is 13.2 Å². The van der Waals surface area contributed by atoms with Crippen LogP contribution in [0.3, 0.4) is 0 Å². The van der Waals surface area contributed by atoms with E-state index < -0.39 is 35.0 Å². The van der Waals surface area contributed by atoms with E-state index in [2.05, 4.69) is 0 Å². The molecule has 16 heavy (non-hydrogen) atoms. The molecule has 94 valence electrons. The number of carbonyl (C=O) groups excluding carboxylic acids is 1. The summed E-state index contributed by atoms with van der Waals surface area (Å²) in [6, 6.07) is -5.70. The molecular formula is C6H6F5NO4. The molecule has 0 aliphatic carbocycles. The SMILES string of the molecule is CC(=O)CC(O)(C(F)(F)F)C(F)(F)[N+](=O)[O-]. The molecule has 0 rings (SSSR count). The summed E-state index contributed by atoms with van der Waals surface area (Å²) in [7, 11) is 0. The summed E-state index contributed by atoms with van der Waals surface area (Å²) in [5, 5.41) is 18.5. The highest BCUT2D eigenvalue weighted by Crippen LogP contribution is 2.44. The minimum Gasteiger partial charge on any atom is -0.370 e. The minimum atomic E-state index is -6.00. The van der Waals surface area contributed by atoms with Crippen LogP contribution in [0.4, 0.5) is 22.0 Å². The summed E-state index contributed by atoms with van der Waals surface area (Å²) in [4.78, 5) is 17.6. The number of Topliss-reactive ketones (excluding diaryl/α,β-unsaturated/α-hetero) is 1. The molecule has 0 aliphatic heterocycles. The van der Waals surface area contributed by atoms with Gasteiger partial charge in [-0.1, -0.05) is 0 Å². The number of alkyl halides is 5. The van der Waals surface area contributed by atoms with Crippen molar-refractivity contribution < 1.29 is 36.8 Å². The number of carbonyl (C=O) groups is 1. The molecule has 0 bridgehead atoms. The monoisotopic (exact) mass is 251 g/mol. The van der Waals surface area contributed by atoms with Crippen molar-refractivity contribution >= 4 is 5.78 Å². The molecule has 0 heterocycles. The van der Waals surface area contributed by atoms with Crippen LogP contribution in [0, 0.1) is 10.1 Å². The van der Waals surface area contributed by atoms with E-state index in [0.717, 1.165) is 0 Å². The summed E-state index contributed by atoms with van der Waals surface area (Å²) in [6.07, 6.45) is -8.10. The van der Waals surface area contributed by atoms with Crippen molar-refractivity contribution in [2.24, 2.45) is 0 Å². The van der Waals surface area contributed by atoms with Crippen LogP contribution >= 0.6 is 0 Å². The second kappa shape index (κ2) is 3.92. The lowest BCUT2D eigenvalue weighted by Gasteiger charge is -2.29. The minimum absolute atomic E-state index is 0.493. The Kier molecular flexibility index (Phi) is 3.60. The quantitative estimate of drug-likeness (QED) is 0.351. The second-order valence-corrected chi connectivity index (χ2v) is 3.04. The highest BCUT2D eigenvalue weighted by Gasteiger charge is 2.77. The zero-order chi connectivity index (χ0) is 13.4. The molecule has 10 heteroatoms. The first-order valence-corrected chi connectivity index (χ1v) is 3.67. The van der Waals surface area contributed by atoms with Gasteiger partial charge in [0.2, 0.25) is 0 Å². The second-order valence-electron chi connectivity index (χ2n) is 3.04. The number of hydrogen-bond acceptors (Lipinski definition) is 4. The standard InChI is InChI=1S/C6H6F5NO4/c1-3(13)2-4(14,5(7,8)9)6(10,11)12(15)16/h14H,2H2,1H3. The van der Waals surface area contributed by atoms with Crippen molar-refractivity contribution in [3.8, 4) is 0 Å². The summed E-state index contributed by atoms with van der Waals surface area (Å²) in [5.74, 6) is -1.46. The van der Waals surface area contributed by atoms with E-state index in [4.69, 9.17) is 5.11 Å². The molecular weight excluding hydrogens is 245 g/mol. The van der Waals surface area contributed by atoms with E-state index in [1.165, 1.54) is 0 Å². The molecule has 1 N–H and O–H groups in total. The van der Waals surface area contributed by atoms with Gasteiger partial charge >= 0.3 is 17.8 Å². The van der Waals surface area contributed by atoms with Crippen molar-refractivity contribution in [1.29, 1.82) is 0 Å². The number of rotatable bonds is 4. The maximum atomic E-state index is 12.6. The lowest BCUT2D eigenvalue weighted by molar-refractivity contribution is -0.680. The third kappa shape index (κ3) is 2.26. The van der Waals surface area contributed by atoms with Crippen LogP contribution in [-0.4, -0.2) is 33.6 Å². The predicted octanol–water partition coefficient (Wildman–Crippen LogP) is 1.13. The van der Waals surface area contributed by atoms with Gasteiger partial charge in [0.15, 0.2) is 0 Å². The molecule has 1 unspecified atom stereocenters. The molecule has 0 saturated carbocycles. The van der Waals surface area contributed by atoms with Crippen molar-refractivity contribution in [1.82, 2.24) is 0 Å². The molecule has 0 aromatic rings. The Labute approximate surface area is 85.0 Å². The fourth-order valence-corrected chi connectivity index (χ4v) is 0.888. The van der Waals surface area contributed by atoms with Crippen molar-refractivity contribution in [2.45, 2.75) is 31.2 Å². The van der Waals surface area contributed by atoms with E-state index in [1.807, 2.05) is 0 Å². The number of nitrogens with zero attached hydrogens (tertiary/aromatic N) is 1. The van der Waals surface area contributed by atoms with Crippen LogP contribution in [0.1, 0.15) is 13.3 Å². The Balaban J connectivity index is 5.59. The number of hydrogen-bond donors (Lipinski definition) is 1. The zero-order valence-electron chi connectivity index (χ0n) is 7.72. The summed E-state index contributed by atoms with van der Waals surface area (Å²) < 4.78 is 61.7. The average Bonchev–Trinajstić information content (AvgIpc) is 1.99. The van der Waals surface area contributed by atoms with Crippen molar-refractivity contribution in [2.75, 3.05) is 0 Å². The van der Waals surface area contributed by atoms with Crippen molar-refractivity contribution in [3.63, 3.8) is 0 Å². The van der Waals surface area contributed by atoms with Crippen LogP contribution < -0.4 is 0 Å². The number of ketones is 1. The van der Waals surface area contributed by atoms with Crippen molar-refractivity contribution in [3.05, 3.63) is 10.1 Å². The molecule has 0 fully saturated rings. The van der Waals surface area contributed by atoms with Crippen LogP contribution in [-0.2, 0) is 4.79 Å². The Morgan fingerprint density at radius 3 is 1.88 bits per heavy atom. The molecule has 0 amide bonds. The molecule has 5 nitrogen and oxygen atoms in total. The molecule has 0 aromatic heterocycles. The van der Waals surface area contributed by atoms with E-state index in [9.17, 15) is 36.9 Å². The zero-order valence-corrected chi connectivity index (χ0v) is 7.72. The molecule has 0 aromatic carbocycles. The van der Waals surface area contributed by atoms with Crippen LogP contribution in [0.5, 0.6) is 0 Å². The van der Waals surface area contributed by atoms with E-state index in [0.29, 0.717) is 6.92 Å². The first kappa shape index (κ1) is 14.7. The van der Waals surface area contributed by atoms with Gasteiger partial charge in [-0.25, -0.2) is 0 Å². The van der Waals surface area contributed by atoms with Crippen LogP contribution in [0.15, 0.2) is 0 Å². The van der Waals surface area contributed by atoms with E-state index in [1.54, 1.807) is 0 Å². The normalized spacial score (nSPS) is 16.7. The van der Waals surface area contributed by atoms with Gasteiger partial charge in [-0.15, -0.1) is 8.78 Å². The van der Waals surface area contributed by atoms with Gasteiger partial charge < -0.3 is 5.11 Å². The topological polar surface area (TPSA) is 80.4 Å². The predicted molar refractivity (Wildman–Crippen MR) is 38.2 cm³/mol. The highest BCUT2D eigenvalue weighted by molar-refractivity contribution is 5.76. The van der Waals surface area contributed by atoms with Gasteiger partial charge in [0.1, 0.15) is 5.78 Å². The third-order valence-corrected chi connectivity index (χ3v) is 1.70. The average molecular weight is 251 g/mol. The first-order valence-electron chi connectivity index (χ1n) is 3.67. The molecule has 0 radical (unpaired) electrons. The molecule has 0 spiro atoms. The van der Waals surface area contributed by atoms with Gasteiger partial charge in [-0.3, -0.25) is 14.9 Å². The Hall–Kier alpha value is -1.32. The summed E-state index contributed by atoms with van der Waals surface area (Å²) in [6.45, 7) is 0.493. The number of nitro groups is 1. The fourth-order valence-electron chi connectivity index (χ4n) is 0.888. The van der Waals surface area contributed by atoms with Crippen LogP contribution in [0.2, 0.25) is 0 Å². The summed E-state index contributed by atoms with van der Waals surface area (Å²) in [5.41, 5.74) is -5.00. The molecule has 0 saturated heterocycles. The smallest absolute Gasteiger partial charge is 0.370 e. The Morgan fingerprint density at radius 1 is 1.31 bits per heavy atom. The molecule has 1 atom stereocenters. The first-order chi connectivity index (χ1) is 6.86. The number of halogens is 5. The lowest BCUT2D eigenvalue weighted by atomic mass is 9.94. The Bertz CT molecular complexity index is 315. The summed E-state index contributed by atoms with van der Waals surface area (Å²) >= 11 is 0. The maximum Gasteiger partial charge on any atom is 0.549 e. The largest absolute Gasteiger partial charge is 0.549 e. The maximum absolute atomic E-state index is 12.6.